The molecular formula is C21H26N6O2. The number of nitrogens with two attached hydrogens (primary N) is 1. The maximum Gasteiger partial charge on any atom is 0.274 e. The summed E-state index contributed by atoms with van der Waals surface area (Å²) in [4.78, 5) is 33.7. The van der Waals surface area contributed by atoms with Gasteiger partial charge in [0, 0.05) is 31.9 Å². The van der Waals surface area contributed by atoms with Crippen LogP contribution in [0.5, 0.6) is 0 Å². The van der Waals surface area contributed by atoms with Gasteiger partial charge in [-0.15, -0.1) is 0 Å². The van der Waals surface area contributed by atoms with Crippen molar-refractivity contribution in [1.29, 1.82) is 0 Å². The first-order valence-corrected chi connectivity index (χ1v) is 10.5. The Hall–Kier alpha value is -2.90. The monoisotopic (exact) mass is 394 g/mol. The smallest absolute Gasteiger partial charge is 0.274 e. The molecule has 2 aromatic rings. The molecule has 2 aliphatic heterocycles. The molecule has 0 spiro atoms. The molecule has 8 heteroatoms. The Morgan fingerprint density at radius 3 is 2.59 bits per heavy atom. The van der Waals surface area contributed by atoms with E-state index in [9.17, 15) is 9.59 Å². The van der Waals surface area contributed by atoms with E-state index in [-0.39, 0.29) is 5.91 Å². The Kier molecular flexibility index (Phi) is 4.49. The highest BCUT2D eigenvalue weighted by molar-refractivity contribution is 5.98. The molecule has 29 heavy (non-hydrogen) atoms. The molecule has 0 atom stereocenters. The van der Waals surface area contributed by atoms with Gasteiger partial charge in [-0.3, -0.25) is 14.3 Å². The third kappa shape index (κ3) is 3.26. The number of primary amides is 1. The van der Waals surface area contributed by atoms with Crippen molar-refractivity contribution in [2.24, 2.45) is 5.73 Å². The van der Waals surface area contributed by atoms with Crippen LogP contribution in [0.2, 0.25) is 0 Å². The highest BCUT2D eigenvalue weighted by Gasteiger charge is 2.27. The number of aryl methyl sites for hydroxylation is 3. The van der Waals surface area contributed by atoms with Gasteiger partial charge in [-0.2, -0.15) is 5.10 Å². The Labute approximate surface area is 169 Å². The van der Waals surface area contributed by atoms with Crippen LogP contribution >= 0.6 is 0 Å². The summed E-state index contributed by atoms with van der Waals surface area (Å²) < 4.78 is 1.93. The minimum absolute atomic E-state index is 0.0168. The second kappa shape index (κ2) is 7.17. The number of hydrogen-bond acceptors (Lipinski definition) is 5. The summed E-state index contributed by atoms with van der Waals surface area (Å²) in [5.74, 6) is 0.244. The van der Waals surface area contributed by atoms with Gasteiger partial charge in [0.25, 0.3) is 11.8 Å². The topological polar surface area (TPSA) is 97.4 Å². The average molecular weight is 394 g/mol. The van der Waals surface area contributed by atoms with E-state index in [0.717, 1.165) is 81.7 Å². The predicted molar refractivity (Wildman–Crippen MR) is 108 cm³/mol. The van der Waals surface area contributed by atoms with E-state index in [1.54, 1.807) is 0 Å². The second-order valence-corrected chi connectivity index (χ2v) is 8.20. The van der Waals surface area contributed by atoms with Gasteiger partial charge in [0.1, 0.15) is 5.82 Å². The van der Waals surface area contributed by atoms with Gasteiger partial charge in [-0.1, -0.05) is 0 Å². The zero-order valence-corrected chi connectivity index (χ0v) is 16.6. The molecule has 2 amide bonds. The highest BCUT2D eigenvalue weighted by Crippen LogP contribution is 2.29. The molecule has 0 unspecified atom stereocenters. The summed E-state index contributed by atoms with van der Waals surface area (Å²) >= 11 is 0. The third-order valence-corrected chi connectivity index (χ3v) is 6.22. The van der Waals surface area contributed by atoms with E-state index in [1.807, 2.05) is 21.7 Å². The molecule has 0 aromatic carbocycles. The number of amides is 2. The number of fused-ring (bicyclic) bond motifs is 2. The molecule has 1 fully saturated rings. The minimum atomic E-state index is -0.440. The largest absolute Gasteiger partial charge is 0.365 e. The normalized spacial score (nSPS) is 18.5. The van der Waals surface area contributed by atoms with Crippen LogP contribution in [0.25, 0.3) is 0 Å². The van der Waals surface area contributed by atoms with Gasteiger partial charge in [0.05, 0.1) is 17.8 Å². The fourth-order valence-electron chi connectivity index (χ4n) is 4.71. The summed E-state index contributed by atoms with van der Waals surface area (Å²) in [5.41, 5.74) is 9.89. The summed E-state index contributed by atoms with van der Waals surface area (Å²) in [6.07, 6.45) is 5.96. The predicted octanol–water partition coefficient (Wildman–Crippen LogP) is 1.51. The van der Waals surface area contributed by atoms with Gasteiger partial charge in [0.2, 0.25) is 0 Å². The average Bonchev–Trinajstić information content (AvgIpc) is 3.45. The van der Waals surface area contributed by atoms with Gasteiger partial charge in [-0.25, -0.2) is 4.98 Å². The number of likely N-dealkylation sites (tertiary alicyclic amines) is 1. The van der Waals surface area contributed by atoms with Crippen LogP contribution < -0.4 is 10.6 Å². The SMILES string of the molecule is NC(=O)c1cc2c(nc1N1CCCn3nc(C(=O)N4CCCC4)cc3C1)CCC2. The van der Waals surface area contributed by atoms with Crippen molar-refractivity contribution in [2.75, 3.05) is 24.5 Å². The maximum absolute atomic E-state index is 12.7. The van der Waals surface area contributed by atoms with E-state index < -0.39 is 5.91 Å². The molecule has 5 rings (SSSR count). The molecule has 1 aliphatic carbocycles. The van der Waals surface area contributed by atoms with Gasteiger partial charge >= 0.3 is 0 Å². The lowest BCUT2D eigenvalue weighted by Crippen LogP contribution is -2.28. The first kappa shape index (κ1) is 18.1. The quantitative estimate of drug-likeness (QED) is 0.851. The lowest BCUT2D eigenvalue weighted by Gasteiger charge is -2.24. The Bertz CT molecular complexity index is 976. The zero-order chi connectivity index (χ0) is 20.0. The second-order valence-electron chi connectivity index (χ2n) is 8.20. The molecule has 152 valence electrons. The van der Waals surface area contributed by atoms with Gasteiger partial charge in [0.15, 0.2) is 5.69 Å². The molecule has 4 heterocycles. The van der Waals surface area contributed by atoms with Crippen LogP contribution in [0.15, 0.2) is 12.1 Å². The van der Waals surface area contributed by atoms with E-state index in [1.165, 1.54) is 0 Å². The van der Waals surface area contributed by atoms with Crippen LogP contribution in [0.4, 0.5) is 5.82 Å². The summed E-state index contributed by atoms with van der Waals surface area (Å²) in [6.45, 7) is 3.70. The number of rotatable bonds is 3. The van der Waals surface area contributed by atoms with Crippen LogP contribution in [0.3, 0.4) is 0 Å². The van der Waals surface area contributed by atoms with Crippen LogP contribution in [0, 0.1) is 0 Å². The lowest BCUT2D eigenvalue weighted by molar-refractivity contribution is 0.0785. The van der Waals surface area contributed by atoms with Crippen molar-refractivity contribution >= 4 is 17.6 Å². The van der Waals surface area contributed by atoms with Crippen LogP contribution in [-0.2, 0) is 25.9 Å². The number of anilines is 1. The van der Waals surface area contributed by atoms with Gasteiger partial charge < -0.3 is 15.5 Å². The first-order chi connectivity index (χ1) is 14.1. The van der Waals surface area contributed by atoms with Crippen molar-refractivity contribution < 1.29 is 9.59 Å². The standard InChI is InChI=1S/C21H26N6O2/c22-19(28)16-11-14-5-3-6-17(14)23-20(16)26-9-4-10-27-15(13-26)12-18(24-27)21(29)25-7-1-2-8-25/h11-12H,1-10,13H2,(H2,22,28). The maximum atomic E-state index is 12.7. The number of carbonyl (C=O) groups excluding carboxylic acids is 2. The molecule has 0 radical (unpaired) electrons. The van der Waals surface area contributed by atoms with Crippen LogP contribution in [0.1, 0.15) is 63.5 Å². The molecule has 8 nitrogen and oxygen atoms in total. The van der Waals surface area contributed by atoms with Crippen molar-refractivity contribution in [3.8, 4) is 0 Å². The third-order valence-electron chi connectivity index (χ3n) is 6.22. The van der Waals surface area contributed by atoms with Gasteiger partial charge in [-0.05, 0) is 56.2 Å². The molecule has 0 bridgehead atoms. The van der Waals surface area contributed by atoms with E-state index in [2.05, 4.69) is 10.00 Å². The minimum Gasteiger partial charge on any atom is -0.365 e. The van der Waals surface area contributed by atoms with Crippen molar-refractivity contribution in [2.45, 2.75) is 51.6 Å². The fourth-order valence-corrected chi connectivity index (χ4v) is 4.71. The summed E-state index contributed by atoms with van der Waals surface area (Å²) in [7, 11) is 0. The van der Waals surface area contributed by atoms with Crippen molar-refractivity contribution in [3.05, 3.63) is 40.3 Å². The number of nitrogens with zero attached hydrogens (tertiary/aromatic N) is 5. The lowest BCUT2D eigenvalue weighted by atomic mass is 10.1. The Morgan fingerprint density at radius 2 is 1.79 bits per heavy atom. The molecular weight excluding hydrogens is 368 g/mol. The fraction of sp³-hybridized carbons (Fsp3) is 0.524. The summed E-state index contributed by atoms with van der Waals surface area (Å²) in [6, 6.07) is 3.83. The zero-order valence-electron chi connectivity index (χ0n) is 16.6. The Balaban J connectivity index is 1.46. The van der Waals surface area contributed by atoms with E-state index >= 15 is 0 Å². The molecule has 0 saturated carbocycles. The first-order valence-electron chi connectivity index (χ1n) is 10.5. The number of aromatic nitrogens is 3. The number of hydrogen-bond donors (Lipinski definition) is 1. The number of pyridine rings is 1. The number of carbonyl (C=O) groups is 2. The van der Waals surface area contributed by atoms with E-state index in [0.29, 0.717) is 23.6 Å². The Morgan fingerprint density at radius 1 is 0.966 bits per heavy atom. The highest BCUT2D eigenvalue weighted by atomic mass is 16.2. The van der Waals surface area contributed by atoms with Crippen molar-refractivity contribution in [1.82, 2.24) is 19.7 Å². The molecule has 1 saturated heterocycles. The summed E-state index contributed by atoms with van der Waals surface area (Å²) in [5, 5.41) is 4.59. The van der Waals surface area contributed by atoms with Crippen LogP contribution in [-0.4, -0.2) is 51.1 Å². The van der Waals surface area contributed by atoms with Crippen molar-refractivity contribution in [3.63, 3.8) is 0 Å². The molecule has 2 N–H and O–H groups in total. The molecule has 3 aliphatic rings. The van der Waals surface area contributed by atoms with E-state index in [4.69, 9.17) is 10.7 Å². The molecule has 2 aromatic heterocycles.